The van der Waals surface area contributed by atoms with E-state index >= 15 is 0 Å². The number of hydrogen-bond donors (Lipinski definition) is 1. The van der Waals surface area contributed by atoms with Crippen molar-refractivity contribution in [2.24, 2.45) is 0 Å². The lowest BCUT2D eigenvalue weighted by molar-refractivity contribution is 0.0732. The maximum absolute atomic E-state index is 12.7. The fourth-order valence-electron chi connectivity index (χ4n) is 2.45. The number of carbonyl (C=O) groups is 2. The number of fused-ring (bicyclic) bond motifs is 1. The van der Waals surface area contributed by atoms with Crippen molar-refractivity contribution < 1.29 is 19.1 Å². The van der Waals surface area contributed by atoms with E-state index in [0.717, 1.165) is 10.6 Å². The first-order valence-corrected chi connectivity index (χ1v) is 8.06. The summed E-state index contributed by atoms with van der Waals surface area (Å²) in [6.45, 7) is 0.984. The number of aromatic nitrogens is 2. The third kappa shape index (κ3) is 3.16. The molecule has 0 atom stereocenters. The van der Waals surface area contributed by atoms with E-state index in [1.165, 1.54) is 25.6 Å². The van der Waals surface area contributed by atoms with Crippen molar-refractivity contribution in [1.29, 1.82) is 0 Å². The van der Waals surface area contributed by atoms with E-state index in [0.29, 0.717) is 36.1 Å². The summed E-state index contributed by atoms with van der Waals surface area (Å²) in [4.78, 5) is 35.1. The van der Waals surface area contributed by atoms with E-state index in [4.69, 9.17) is 4.74 Å². The van der Waals surface area contributed by atoms with Crippen molar-refractivity contribution >= 4 is 28.5 Å². The second-order valence-corrected chi connectivity index (χ2v) is 6.13. The zero-order chi connectivity index (χ0) is 17.1. The fraction of sp³-hybridized carbons (Fsp3) is 0.333. The van der Waals surface area contributed by atoms with Gasteiger partial charge in [-0.1, -0.05) is 11.3 Å². The quantitative estimate of drug-likeness (QED) is 0.911. The summed E-state index contributed by atoms with van der Waals surface area (Å²) in [7, 11) is 2.78. The fourth-order valence-corrected chi connectivity index (χ4v) is 3.46. The molecule has 2 aromatic rings. The van der Waals surface area contributed by atoms with Gasteiger partial charge in [-0.2, -0.15) is 0 Å². The van der Waals surface area contributed by atoms with Gasteiger partial charge in [0.15, 0.2) is 5.13 Å². The number of carbonyl (C=O) groups excluding carboxylic acids is 2. The molecule has 24 heavy (non-hydrogen) atoms. The lowest BCUT2D eigenvalue weighted by Crippen LogP contribution is -2.35. The SMILES string of the molecule is COC(=O)Nc1nc2c(s1)CN(C(=O)c1cccnc1OC)CC2. The highest BCUT2D eigenvalue weighted by molar-refractivity contribution is 7.15. The standard InChI is InChI=1S/C15H16N4O4S/c1-22-12-9(4-3-6-16-12)13(20)19-7-5-10-11(8-19)24-14(17-10)18-15(21)23-2/h3-4,6H,5,7-8H2,1-2H3,(H,17,18,21). The zero-order valence-electron chi connectivity index (χ0n) is 13.2. The summed E-state index contributed by atoms with van der Waals surface area (Å²) in [6, 6.07) is 3.40. The Labute approximate surface area is 142 Å². The van der Waals surface area contributed by atoms with Gasteiger partial charge in [0.25, 0.3) is 5.91 Å². The predicted octanol–water partition coefficient (Wildman–Crippen LogP) is 1.92. The van der Waals surface area contributed by atoms with E-state index in [1.54, 1.807) is 23.2 Å². The molecule has 0 fully saturated rings. The van der Waals surface area contributed by atoms with Gasteiger partial charge >= 0.3 is 6.09 Å². The Balaban J connectivity index is 1.77. The van der Waals surface area contributed by atoms with Gasteiger partial charge in [0, 0.05) is 24.0 Å². The van der Waals surface area contributed by atoms with Crippen LogP contribution in [0.5, 0.6) is 5.88 Å². The number of rotatable bonds is 3. The first-order valence-electron chi connectivity index (χ1n) is 7.24. The Hall–Kier alpha value is -2.68. The Kier molecular flexibility index (Phi) is 4.61. The molecule has 0 unspecified atom stereocenters. The molecule has 0 aliphatic carbocycles. The van der Waals surface area contributed by atoms with Gasteiger partial charge in [-0.05, 0) is 12.1 Å². The molecule has 1 aliphatic heterocycles. The van der Waals surface area contributed by atoms with Crippen LogP contribution in [0.2, 0.25) is 0 Å². The Morgan fingerprint density at radius 2 is 2.21 bits per heavy atom. The van der Waals surface area contributed by atoms with E-state index in [1.807, 2.05) is 0 Å². The summed E-state index contributed by atoms with van der Waals surface area (Å²) in [5, 5.41) is 3.03. The van der Waals surface area contributed by atoms with Gasteiger partial charge in [-0.25, -0.2) is 14.8 Å². The number of thiazole rings is 1. The van der Waals surface area contributed by atoms with Crippen LogP contribution in [0.3, 0.4) is 0 Å². The number of nitrogens with one attached hydrogen (secondary N) is 1. The normalized spacial score (nSPS) is 13.2. The largest absolute Gasteiger partial charge is 0.480 e. The number of nitrogens with zero attached hydrogens (tertiary/aromatic N) is 3. The number of hydrogen-bond acceptors (Lipinski definition) is 7. The van der Waals surface area contributed by atoms with Gasteiger partial charge in [0.1, 0.15) is 5.56 Å². The second-order valence-electron chi connectivity index (χ2n) is 5.04. The molecule has 3 heterocycles. The van der Waals surface area contributed by atoms with Crippen molar-refractivity contribution in [3.05, 3.63) is 34.5 Å². The van der Waals surface area contributed by atoms with Crippen LogP contribution in [0, 0.1) is 0 Å². The molecule has 0 radical (unpaired) electrons. The van der Waals surface area contributed by atoms with Gasteiger partial charge in [0.2, 0.25) is 5.88 Å². The molecule has 0 spiro atoms. The summed E-state index contributed by atoms with van der Waals surface area (Å²) in [6.07, 6.45) is 1.65. The highest BCUT2D eigenvalue weighted by atomic mass is 32.1. The molecule has 9 heteroatoms. The van der Waals surface area contributed by atoms with Gasteiger partial charge in [-0.3, -0.25) is 10.1 Å². The molecule has 1 aliphatic rings. The smallest absolute Gasteiger partial charge is 0.413 e. The topological polar surface area (TPSA) is 93.7 Å². The molecular weight excluding hydrogens is 332 g/mol. The average Bonchev–Trinajstić information content (AvgIpc) is 3.02. The lowest BCUT2D eigenvalue weighted by Gasteiger charge is -2.26. The van der Waals surface area contributed by atoms with Crippen LogP contribution in [-0.2, 0) is 17.7 Å². The molecular formula is C15H16N4O4S. The van der Waals surface area contributed by atoms with Crippen molar-refractivity contribution in [1.82, 2.24) is 14.9 Å². The highest BCUT2D eigenvalue weighted by Crippen LogP contribution is 2.29. The molecule has 0 aromatic carbocycles. The summed E-state index contributed by atoms with van der Waals surface area (Å²) >= 11 is 1.34. The zero-order valence-corrected chi connectivity index (χ0v) is 14.1. The molecule has 1 N–H and O–H groups in total. The molecule has 126 valence electrons. The van der Waals surface area contributed by atoms with Gasteiger partial charge in [-0.15, -0.1) is 0 Å². The van der Waals surface area contributed by atoms with Crippen molar-refractivity contribution in [3.63, 3.8) is 0 Å². The molecule has 2 amide bonds. The van der Waals surface area contributed by atoms with Crippen LogP contribution in [0.1, 0.15) is 20.9 Å². The van der Waals surface area contributed by atoms with Crippen LogP contribution in [0.4, 0.5) is 9.93 Å². The number of anilines is 1. The molecule has 0 saturated carbocycles. The highest BCUT2D eigenvalue weighted by Gasteiger charge is 2.27. The van der Waals surface area contributed by atoms with Crippen LogP contribution in [0.25, 0.3) is 0 Å². The maximum atomic E-state index is 12.7. The van der Waals surface area contributed by atoms with Crippen molar-refractivity contribution in [2.45, 2.75) is 13.0 Å². The average molecular weight is 348 g/mol. The summed E-state index contributed by atoms with van der Waals surface area (Å²) in [5.74, 6) is 0.173. The molecule has 8 nitrogen and oxygen atoms in total. The van der Waals surface area contributed by atoms with E-state index < -0.39 is 6.09 Å². The molecule has 3 rings (SSSR count). The van der Waals surface area contributed by atoms with E-state index in [2.05, 4.69) is 20.0 Å². The Morgan fingerprint density at radius 1 is 1.38 bits per heavy atom. The summed E-state index contributed by atoms with van der Waals surface area (Å²) < 4.78 is 9.72. The van der Waals surface area contributed by atoms with E-state index in [9.17, 15) is 9.59 Å². The van der Waals surface area contributed by atoms with Crippen LogP contribution < -0.4 is 10.1 Å². The minimum absolute atomic E-state index is 0.138. The Bertz CT molecular complexity index is 777. The first-order chi connectivity index (χ1) is 11.6. The number of amides is 2. The molecule has 0 bridgehead atoms. The third-order valence-corrected chi connectivity index (χ3v) is 4.61. The third-order valence-electron chi connectivity index (χ3n) is 3.61. The minimum Gasteiger partial charge on any atom is -0.480 e. The lowest BCUT2D eigenvalue weighted by atomic mass is 10.1. The van der Waals surface area contributed by atoms with Gasteiger partial charge < -0.3 is 14.4 Å². The van der Waals surface area contributed by atoms with Gasteiger partial charge in [0.05, 0.1) is 26.5 Å². The predicted molar refractivity (Wildman–Crippen MR) is 87.4 cm³/mol. The first kappa shape index (κ1) is 16.2. The van der Waals surface area contributed by atoms with E-state index in [-0.39, 0.29) is 5.91 Å². The van der Waals surface area contributed by atoms with Crippen molar-refractivity contribution in [2.75, 3.05) is 26.1 Å². The maximum Gasteiger partial charge on any atom is 0.413 e. The number of methoxy groups -OCH3 is 2. The minimum atomic E-state index is -0.561. The monoisotopic (exact) mass is 348 g/mol. The van der Waals surface area contributed by atoms with Crippen molar-refractivity contribution in [3.8, 4) is 5.88 Å². The Morgan fingerprint density at radius 3 is 2.96 bits per heavy atom. The molecule has 2 aromatic heterocycles. The second kappa shape index (κ2) is 6.83. The number of pyridine rings is 1. The van der Waals surface area contributed by atoms with Crippen LogP contribution in [0.15, 0.2) is 18.3 Å². The van der Waals surface area contributed by atoms with Crippen LogP contribution >= 0.6 is 11.3 Å². The summed E-state index contributed by atoms with van der Waals surface area (Å²) in [5.41, 5.74) is 1.33. The number of ether oxygens (including phenoxy) is 2. The molecule has 0 saturated heterocycles. The van der Waals surface area contributed by atoms with Crippen LogP contribution in [-0.4, -0.2) is 47.6 Å².